The maximum atomic E-state index is 6.29. The Labute approximate surface area is 153 Å². The molecular formula is C19H14ClN5O. The van der Waals surface area contributed by atoms with E-state index >= 15 is 0 Å². The van der Waals surface area contributed by atoms with Crippen LogP contribution in [0.15, 0.2) is 70.1 Å². The highest BCUT2D eigenvalue weighted by atomic mass is 35.5. The standard InChI is InChI=1S/C19H14ClN5O/c20-12-6-2-1-5-11(12)15-9-10-16(26-15)17-23-18(21)24-19-22-13-7-3-4-8-14(13)25(17)19/h1-10,17H,(H3,21,22,23,24). The number of furan rings is 1. The Morgan fingerprint density at radius 1 is 1.04 bits per heavy atom. The van der Waals surface area contributed by atoms with Crippen LogP contribution in [0, 0.1) is 0 Å². The molecule has 1 unspecified atom stereocenters. The Morgan fingerprint density at radius 3 is 2.73 bits per heavy atom. The zero-order valence-electron chi connectivity index (χ0n) is 13.6. The number of nitrogens with two attached hydrogens (primary N) is 1. The highest BCUT2D eigenvalue weighted by Gasteiger charge is 2.27. The minimum atomic E-state index is -0.435. The second-order valence-electron chi connectivity index (χ2n) is 5.99. The van der Waals surface area contributed by atoms with E-state index in [9.17, 15) is 0 Å². The number of nitrogens with zero attached hydrogens (tertiary/aromatic N) is 3. The van der Waals surface area contributed by atoms with Gasteiger partial charge >= 0.3 is 0 Å². The fourth-order valence-corrected chi connectivity index (χ4v) is 3.43. The summed E-state index contributed by atoms with van der Waals surface area (Å²) in [5.74, 6) is 2.28. The summed E-state index contributed by atoms with van der Waals surface area (Å²) >= 11 is 6.29. The van der Waals surface area contributed by atoms with E-state index in [-0.39, 0.29) is 0 Å². The van der Waals surface area contributed by atoms with Crippen LogP contribution >= 0.6 is 11.6 Å². The quantitative estimate of drug-likeness (QED) is 0.558. The molecule has 6 nitrogen and oxygen atoms in total. The lowest BCUT2D eigenvalue weighted by Crippen LogP contribution is -2.31. The fourth-order valence-electron chi connectivity index (χ4n) is 3.20. The van der Waals surface area contributed by atoms with Gasteiger partial charge in [0, 0.05) is 5.56 Å². The van der Waals surface area contributed by atoms with Crippen molar-refractivity contribution in [3.8, 4) is 11.3 Å². The van der Waals surface area contributed by atoms with Crippen molar-refractivity contribution >= 4 is 34.5 Å². The number of hydrogen-bond acceptors (Lipinski definition) is 5. The lowest BCUT2D eigenvalue weighted by Gasteiger charge is -2.21. The zero-order chi connectivity index (χ0) is 17.7. The minimum Gasteiger partial charge on any atom is -0.457 e. The molecule has 1 aliphatic rings. The summed E-state index contributed by atoms with van der Waals surface area (Å²) in [7, 11) is 0. The van der Waals surface area contributed by atoms with Crippen molar-refractivity contribution in [2.45, 2.75) is 6.17 Å². The maximum absolute atomic E-state index is 6.29. The molecule has 4 aromatic rings. The topological polar surface area (TPSA) is 81.4 Å². The van der Waals surface area contributed by atoms with Gasteiger partial charge in [0.05, 0.1) is 16.1 Å². The van der Waals surface area contributed by atoms with Gasteiger partial charge in [-0.1, -0.05) is 35.9 Å². The lowest BCUT2D eigenvalue weighted by molar-refractivity contribution is 0.449. The summed E-state index contributed by atoms with van der Waals surface area (Å²) in [6.07, 6.45) is -0.435. The maximum Gasteiger partial charge on any atom is 0.212 e. The molecule has 0 spiro atoms. The van der Waals surface area contributed by atoms with E-state index in [0.29, 0.717) is 28.5 Å². The molecule has 5 rings (SSSR count). The molecule has 1 atom stereocenters. The third-order valence-electron chi connectivity index (χ3n) is 4.36. The van der Waals surface area contributed by atoms with Crippen LogP contribution in [-0.2, 0) is 0 Å². The summed E-state index contributed by atoms with van der Waals surface area (Å²) in [5, 5.41) is 3.65. The molecular weight excluding hydrogens is 350 g/mol. The summed E-state index contributed by atoms with van der Waals surface area (Å²) in [6, 6.07) is 19.2. The normalized spacial score (nSPS) is 16.2. The number of guanidine groups is 1. The molecule has 0 saturated heterocycles. The molecule has 0 bridgehead atoms. The zero-order valence-corrected chi connectivity index (χ0v) is 14.3. The molecule has 2 aromatic carbocycles. The highest BCUT2D eigenvalue weighted by molar-refractivity contribution is 6.33. The predicted octanol–water partition coefficient (Wildman–Crippen LogP) is 4.24. The van der Waals surface area contributed by atoms with Gasteiger partial charge in [-0.15, -0.1) is 0 Å². The number of nitrogens with one attached hydrogen (secondary N) is 1. The first-order valence-electron chi connectivity index (χ1n) is 8.12. The van der Waals surface area contributed by atoms with E-state index in [0.717, 1.165) is 16.6 Å². The van der Waals surface area contributed by atoms with Gasteiger partial charge in [-0.3, -0.25) is 9.88 Å². The van der Waals surface area contributed by atoms with Crippen molar-refractivity contribution in [1.82, 2.24) is 9.55 Å². The first kappa shape index (κ1) is 15.0. The van der Waals surface area contributed by atoms with Crippen molar-refractivity contribution in [3.05, 3.63) is 71.4 Å². The Bertz CT molecular complexity index is 1160. The Balaban J connectivity index is 1.65. The molecule has 0 amide bonds. The summed E-state index contributed by atoms with van der Waals surface area (Å²) in [6.45, 7) is 0. The van der Waals surface area contributed by atoms with Crippen LogP contribution in [0.1, 0.15) is 11.9 Å². The van der Waals surface area contributed by atoms with E-state index in [1.54, 1.807) is 0 Å². The van der Waals surface area contributed by atoms with E-state index in [2.05, 4.69) is 15.3 Å². The number of benzene rings is 2. The first-order valence-corrected chi connectivity index (χ1v) is 8.50. The highest BCUT2D eigenvalue weighted by Crippen LogP contribution is 2.36. The predicted molar refractivity (Wildman–Crippen MR) is 102 cm³/mol. The third kappa shape index (κ3) is 2.27. The van der Waals surface area contributed by atoms with Gasteiger partial charge in [-0.2, -0.15) is 0 Å². The molecule has 0 fully saturated rings. The number of para-hydroxylation sites is 2. The number of rotatable bonds is 2. The number of fused-ring (bicyclic) bond motifs is 3. The van der Waals surface area contributed by atoms with Gasteiger partial charge in [0.2, 0.25) is 5.95 Å². The summed E-state index contributed by atoms with van der Waals surface area (Å²) < 4.78 is 8.06. The number of anilines is 1. The molecule has 26 heavy (non-hydrogen) atoms. The molecule has 128 valence electrons. The van der Waals surface area contributed by atoms with Gasteiger partial charge in [0.1, 0.15) is 11.5 Å². The van der Waals surface area contributed by atoms with Gasteiger partial charge in [-0.05, 0) is 36.4 Å². The second kappa shape index (κ2) is 5.64. The van der Waals surface area contributed by atoms with Gasteiger partial charge in [0.15, 0.2) is 12.1 Å². The van der Waals surface area contributed by atoms with Crippen molar-refractivity contribution in [2.24, 2.45) is 10.7 Å². The van der Waals surface area contributed by atoms with Crippen LogP contribution < -0.4 is 11.1 Å². The lowest BCUT2D eigenvalue weighted by atomic mass is 10.2. The molecule has 2 aromatic heterocycles. The van der Waals surface area contributed by atoms with Crippen LogP contribution in [0.4, 0.5) is 5.95 Å². The Kier molecular flexibility index (Phi) is 3.26. The van der Waals surface area contributed by atoms with Gasteiger partial charge < -0.3 is 10.2 Å². The van der Waals surface area contributed by atoms with E-state index in [1.165, 1.54) is 0 Å². The molecule has 3 N–H and O–H groups in total. The average molecular weight is 364 g/mol. The van der Waals surface area contributed by atoms with Crippen molar-refractivity contribution in [3.63, 3.8) is 0 Å². The average Bonchev–Trinajstić information content (AvgIpc) is 3.26. The van der Waals surface area contributed by atoms with E-state index < -0.39 is 6.17 Å². The number of imidazole rings is 1. The van der Waals surface area contributed by atoms with Gasteiger partial charge in [-0.25, -0.2) is 9.98 Å². The Hall–Kier alpha value is -3.25. The van der Waals surface area contributed by atoms with Crippen molar-refractivity contribution in [2.75, 3.05) is 5.32 Å². The summed E-state index contributed by atoms with van der Waals surface area (Å²) in [4.78, 5) is 9.11. The molecule has 7 heteroatoms. The number of halogens is 1. The molecule has 0 aliphatic carbocycles. The molecule has 1 aliphatic heterocycles. The van der Waals surface area contributed by atoms with E-state index in [1.807, 2.05) is 65.2 Å². The Morgan fingerprint density at radius 2 is 1.85 bits per heavy atom. The number of aromatic nitrogens is 2. The van der Waals surface area contributed by atoms with E-state index in [4.69, 9.17) is 21.8 Å². The molecule has 0 saturated carbocycles. The molecule has 3 heterocycles. The smallest absolute Gasteiger partial charge is 0.212 e. The largest absolute Gasteiger partial charge is 0.457 e. The SMILES string of the molecule is NC1=NC(c2ccc(-c3ccccc3Cl)o2)n2c(nc3ccccc32)N1. The number of hydrogen-bond donors (Lipinski definition) is 2. The van der Waals surface area contributed by atoms with Crippen LogP contribution in [0.25, 0.3) is 22.4 Å². The molecule has 0 radical (unpaired) electrons. The van der Waals surface area contributed by atoms with Crippen molar-refractivity contribution in [1.29, 1.82) is 0 Å². The summed E-state index contributed by atoms with van der Waals surface area (Å²) in [5.41, 5.74) is 8.61. The minimum absolute atomic E-state index is 0.300. The number of aliphatic imine (C=N–C) groups is 1. The second-order valence-corrected chi connectivity index (χ2v) is 6.40. The van der Waals surface area contributed by atoms with Crippen LogP contribution in [0.2, 0.25) is 5.02 Å². The monoisotopic (exact) mass is 363 g/mol. The van der Waals surface area contributed by atoms with Crippen LogP contribution in [0.3, 0.4) is 0 Å². The van der Waals surface area contributed by atoms with Gasteiger partial charge in [0.25, 0.3) is 0 Å². The van der Waals surface area contributed by atoms with Crippen LogP contribution in [-0.4, -0.2) is 15.5 Å². The fraction of sp³-hybridized carbons (Fsp3) is 0.0526. The van der Waals surface area contributed by atoms with Crippen molar-refractivity contribution < 1.29 is 4.42 Å². The third-order valence-corrected chi connectivity index (χ3v) is 4.69. The van der Waals surface area contributed by atoms with Crippen LogP contribution in [0.5, 0.6) is 0 Å². The first-order chi connectivity index (χ1) is 12.7.